The Hall–Kier alpha value is -1.35. The molecule has 1 atom stereocenters. The van der Waals surface area contributed by atoms with E-state index in [0.29, 0.717) is 11.6 Å². The summed E-state index contributed by atoms with van der Waals surface area (Å²) < 4.78 is 0. The summed E-state index contributed by atoms with van der Waals surface area (Å²) in [6.07, 6.45) is 0. The van der Waals surface area contributed by atoms with Crippen LogP contribution in [-0.2, 0) is 6.54 Å². The number of fused-ring (bicyclic) bond motifs is 1. The predicted octanol–water partition coefficient (Wildman–Crippen LogP) is 1.55. The number of aromatic carboxylic acids is 1. The normalized spacial score (nSPS) is 19.9. The highest BCUT2D eigenvalue weighted by molar-refractivity contribution is 5.88. The third kappa shape index (κ3) is 1.31. The molecule has 13 heavy (non-hydrogen) atoms. The van der Waals surface area contributed by atoms with Gasteiger partial charge < -0.3 is 10.4 Å². The summed E-state index contributed by atoms with van der Waals surface area (Å²) in [5.41, 5.74) is 2.69. The molecular formula is C10H11NO2. The van der Waals surface area contributed by atoms with Crippen LogP contribution >= 0.6 is 0 Å². The highest BCUT2D eigenvalue weighted by Gasteiger charge is 2.18. The second-order valence-corrected chi connectivity index (χ2v) is 3.32. The summed E-state index contributed by atoms with van der Waals surface area (Å²) in [5.74, 6) is -0.859. The summed E-state index contributed by atoms with van der Waals surface area (Å²) in [6.45, 7) is 2.85. The number of rotatable bonds is 1. The second kappa shape index (κ2) is 2.85. The van der Waals surface area contributed by atoms with Crippen molar-refractivity contribution in [3.63, 3.8) is 0 Å². The maximum atomic E-state index is 10.7. The van der Waals surface area contributed by atoms with Gasteiger partial charge in [-0.3, -0.25) is 0 Å². The molecule has 0 saturated carbocycles. The van der Waals surface area contributed by atoms with Gasteiger partial charge >= 0.3 is 5.97 Å². The van der Waals surface area contributed by atoms with Crippen LogP contribution in [0.25, 0.3) is 0 Å². The fourth-order valence-corrected chi connectivity index (χ4v) is 1.69. The number of hydrogen-bond donors (Lipinski definition) is 2. The highest BCUT2D eigenvalue weighted by Crippen LogP contribution is 2.25. The lowest BCUT2D eigenvalue weighted by atomic mass is 10.0. The molecule has 0 radical (unpaired) electrons. The van der Waals surface area contributed by atoms with Gasteiger partial charge in [-0.25, -0.2) is 4.79 Å². The Balaban J connectivity index is 2.45. The Kier molecular flexibility index (Phi) is 1.81. The van der Waals surface area contributed by atoms with E-state index < -0.39 is 5.97 Å². The van der Waals surface area contributed by atoms with Gasteiger partial charge in [0, 0.05) is 12.6 Å². The first kappa shape index (κ1) is 8.26. The van der Waals surface area contributed by atoms with Crippen molar-refractivity contribution >= 4 is 5.97 Å². The molecule has 1 heterocycles. The topological polar surface area (TPSA) is 49.3 Å². The second-order valence-electron chi connectivity index (χ2n) is 3.32. The molecule has 0 aliphatic carbocycles. The van der Waals surface area contributed by atoms with Crippen LogP contribution in [0.3, 0.4) is 0 Å². The third-order valence-corrected chi connectivity index (χ3v) is 2.46. The Morgan fingerprint density at radius 3 is 3.08 bits per heavy atom. The Labute approximate surface area is 76.4 Å². The Bertz CT molecular complexity index is 360. The van der Waals surface area contributed by atoms with E-state index in [2.05, 4.69) is 12.2 Å². The van der Waals surface area contributed by atoms with Crippen molar-refractivity contribution in [1.29, 1.82) is 0 Å². The average Bonchev–Trinajstić information content (AvgIpc) is 2.47. The van der Waals surface area contributed by atoms with Crippen molar-refractivity contribution in [2.75, 3.05) is 0 Å². The minimum absolute atomic E-state index is 0.345. The average molecular weight is 177 g/mol. The molecule has 1 unspecified atom stereocenters. The van der Waals surface area contributed by atoms with Gasteiger partial charge in [0.05, 0.1) is 5.56 Å². The SMILES string of the molecule is CC1NCc2cc(C(=O)O)ccc21. The fourth-order valence-electron chi connectivity index (χ4n) is 1.69. The molecular weight excluding hydrogens is 166 g/mol. The van der Waals surface area contributed by atoms with Gasteiger partial charge in [-0.05, 0) is 30.2 Å². The first-order valence-electron chi connectivity index (χ1n) is 4.28. The summed E-state index contributed by atoms with van der Waals surface area (Å²) in [5, 5.41) is 12.0. The fraction of sp³-hybridized carbons (Fsp3) is 0.300. The molecule has 3 nitrogen and oxygen atoms in total. The van der Waals surface area contributed by atoms with Gasteiger partial charge in [-0.1, -0.05) is 6.07 Å². The van der Waals surface area contributed by atoms with E-state index >= 15 is 0 Å². The van der Waals surface area contributed by atoms with Gasteiger partial charge in [0.15, 0.2) is 0 Å². The van der Waals surface area contributed by atoms with E-state index in [0.717, 1.165) is 12.1 Å². The molecule has 2 rings (SSSR count). The van der Waals surface area contributed by atoms with Crippen LogP contribution in [0.5, 0.6) is 0 Å². The van der Waals surface area contributed by atoms with Crippen molar-refractivity contribution in [1.82, 2.24) is 5.32 Å². The number of nitrogens with one attached hydrogen (secondary N) is 1. The van der Waals surface area contributed by atoms with Crippen LogP contribution in [0, 0.1) is 0 Å². The zero-order valence-corrected chi connectivity index (χ0v) is 7.37. The van der Waals surface area contributed by atoms with Gasteiger partial charge in [0.2, 0.25) is 0 Å². The zero-order chi connectivity index (χ0) is 9.42. The Morgan fingerprint density at radius 1 is 1.62 bits per heavy atom. The highest BCUT2D eigenvalue weighted by atomic mass is 16.4. The molecule has 0 aromatic heterocycles. The summed E-state index contributed by atoms with van der Waals surface area (Å²) in [7, 11) is 0. The first-order valence-corrected chi connectivity index (χ1v) is 4.28. The van der Waals surface area contributed by atoms with Crippen molar-refractivity contribution in [3.8, 4) is 0 Å². The van der Waals surface area contributed by atoms with Gasteiger partial charge in [0.25, 0.3) is 0 Å². The van der Waals surface area contributed by atoms with E-state index in [1.807, 2.05) is 6.07 Å². The lowest BCUT2D eigenvalue weighted by Crippen LogP contribution is -2.06. The van der Waals surface area contributed by atoms with Crippen molar-refractivity contribution in [2.45, 2.75) is 19.5 Å². The van der Waals surface area contributed by atoms with E-state index in [1.165, 1.54) is 5.56 Å². The summed E-state index contributed by atoms with van der Waals surface area (Å²) in [6, 6.07) is 5.64. The number of hydrogen-bond acceptors (Lipinski definition) is 2. The van der Waals surface area contributed by atoms with E-state index in [1.54, 1.807) is 12.1 Å². The van der Waals surface area contributed by atoms with E-state index in [-0.39, 0.29) is 0 Å². The zero-order valence-electron chi connectivity index (χ0n) is 7.37. The summed E-state index contributed by atoms with van der Waals surface area (Å²) >= 11 is 0. The number of carboxylic acids is 1. The molecule has 0 saturated heterocycles. The lowest BCUT2D eigenvalue weighted by molar-refractivity contribution is 0.0697. The molecule has 0 spiro atoms. The number of carbonyl (C=O) groups is 1. The largest absolute Gasteiger partial charge is 0.478 e. The van der Waals surface area contributed by atoms with Crippen LogP contribution < -0.4 is 5.32 Å². The maximum Gasteiger partial charge on any atom is 0.335 e. The van der Waals surface area contributed by atoms with Gasteiger partial charge in [0.1, 0.15) is 0 Å². The van der Waals surface area contributed by atoms with Crippen molar-refractivity contribution < 1.29 is 9.90 Å². The molecule has 1 aromatic rings. The monoisotopic (exact) mass is 177 g/mol. The van der Waals surface area contributed by atoms with Gasteiger partial charge in [-0.2, -0.15) is 0 Å². The van der Waals surface area contributed by atoms with E-state index in [9.17, 15) is 4.79 Å². The molecule has 1 aromatic carbocycles. The molecule has 1 aliphatic rings. The maximum absolute atomic E-state index is 10.7. The number of carboxylic acid groups (broad SMARTS) is 1. The molecule has 68 valence electrons. The molecule has 0 fully saturated rings. The van der Waals surface area contributed by atoms with Crippen LogP contribution in [0.4, 0.5) is 0 Å². The predicted molar refractivity (Wildman–Crippen MR) is 48.7 cm³/mol. The van der Waals surface area contributed by atoms with Crippen molar-refractivity contribution in [2.24, 2.45) is 0 Å². The van der Waals surface area contributed by atoms with Crippen LogP contribution in [-0.4, -0.2) is 11.1 Å². The first-order chi connectivity index (χ1) is 6.18. The van der Waals surface area contributed by atoms with Crippen LogP contribution in [0.15, 0.2) is 18.2 Å². The lowest BCUT2D eigenvalue weighted by Gasteiger charge is -2.03. The minimum atomic E-state index is -0.859. The molecule has 0 amide bonds. The van der Waals surface area contributed by atoms with E-state index in [4.69, 9.17) is 5.11 Å². The molecule has 2 N–H and O–H groups in total. The minimum Gasteiger partial charge on any atom is -0.478 e. The smallest absolute Gasteiger partial charge is 0.335 e. The van der Waals surface area contributed by atoms with Crippen LogP contribution in [0.2, 0.25) is 0 Å². The molecule has 3 heteroatoms. The van der Waals surface area contributed by atoms with Gasteiger partial charge in [-0.15, -0.1) is 0 Å². The third-order valence-electron chi connectivity index (χ3n) is 2.46. The quantitative estimate of drug-likeness (QED) is 0.684. The molecule has 0 bridgehead atoms. The molecule has 1 aliphatic heterocycles. The summed E-state index contributed by atoms with van der Waals surface area (Å²) in [4.78, 5) is 10.7. The van der Waals surface area contributed by atoms with Crippen LogP contribution in [0.1, 0.15) is 34.5 Å². The van der Waals surface area contributed by atoms with Crippen molar-refractivity contribution in [3.05, 3.63) is 34.9 Å². The number of benzene rings is 1. The standard InChI is InChI=1S/C10H11NO2/c1-6-9-3-2-7(10(12)13)4-8(9)5-11-6/h2-4,6,11H,5H2,1H3,(H,12,13). The Morgan fingerprint density at radius 2 is 2.38 bits per heavy atom.